The summed E-state index contributed by atoms with van der Waals surface area (Å²) in [6.07, 6.45) is -0.348. The first kappa shape index (κ1) is 27.6. The van der Waals surface area contributed by atoms with Crippen LogP contribution in [0.25, 0.3) is 0 Å². The van der Waals surface area contributed by atoms with Gasteiger partial charge in [-0.05, 0) is 76.0 Å². The zero-order chi connectivity index (χ0) is 27.5. The average molecular weight is 552 g/mol. The summed E-state index contributed by atoms with van der Waals surface area (Å²) in [7, 11) is -0.0854. The number of halogens is 3. The van der Waals surface area contributed by atoms with E-state index in [0.717, 1.165) is 5.56 Å². The summed E-state index contributed by atoms with van der Waals surface area (Å²) in [4.78, 5) is 14.0. The second-order valence-electron chi connectivity index (χ2n) is 9.25. The van der Waals surface area contributed by atoms with Crippen molar-refractivity contribution in [2.24, 2.45) is 0 Å². The van der Waals surface area contributed by atoms with Gasteiger partial charge < -0.3 is 14.4 Å². The highest BCUT2D eigenvalue weighted by Crippen LogP contribution is 2.38. The molecule has 9 nitrogen and oxygen atoms in total. The van der Waals surface area contributed by atoms with Crippen LogP contribution in [-0.2, 0) is 10.0 Å². The van der Waals surface area contributed by atoms with Gasteiger partial charge in [0, 0.05) is 18.3 Å². The van der Waals surface area contributed by atoms with Crippen molar-refractivity contribution in [3.05, 3.63) is 66.2 Å². The minimum absolute atomic E-state index is 0.00251. The second kappa shape index (κ2) is 11.1. The number of alkyl halides is 3. The SMILES string of the molecule is Cc1nc(OC2CCC(c3cccc(OC(F)(F)F)c3)CC2N(C)C)ccc1S(=O)(=O)Nc1ccncn1. The van der Waals surface area contributed by atoms with Crippen LogP contribution in [0.4, 0.5) is 19.0 Å². The average Bonchev–Trinajstić information content (AvgIpc) is 2.83. The number of ether oxygens (including phenoxy) is 2. The highest BCUT2D eigenvalue weighted by atomic mass is 32.2. The topological polar surface area (TPSA) is 107 Å². The summed E-state index contributed by atoms with van der Waals surface area (Å²) in [5.41, 5.74) is 1.04. The fraction of sp³-hybridized carbons (Fsp3) is 0.400. The number of benzene rings is 1. The van der Waals surface area contributed by atoms with E-state index in [9.17, 15) is 21.6 Å². The third-order valence-electron chi connectivity index (χ3n) is 6.38. The van der Waals surface area contributed by atoms with Gasteiger partial charge in [0.05, 0.1) is 5.69 Å². The Balaban J connectivity index is 1.46. The summed E-state index contributed by atoms with van der Waals surface area (Å²) >= 11 is 0. The molecule has 0 spiro atoms. The standard InChI is InChI=1S/C25H28F3N5O4S/c1-16-22(38(34,35)32-23-11-12-29-15-30-23)9-10-24(31-16)36-21-8-7-18(14-20(21)33(2)3)17-5-4-6-19(13-17)37-25(26,27)28/h4-6,9-13,15,18,20-21H,7-8,14H2,1-3H3,(H,29,30,32). The number of pyridine rings is 1. The van der Waals surface area contributed by atoms with Crippen LogP contribution in [0.3, 0.4) is 0 Å². The Morgan fingerprint density at radius 1 is 1.11 bits per heavy atom. The molecule has 4 rings (SSSR count). The fourth-order valence-electron chi connectivity index (χ4n) is 4.64. The van der Waals surface area contributed by atoms with Crippen molar-refractivity contribution in [1.82, 2.24) is 19.9 Å². The van der Waals surface area contributed by atoms with Gasteiger partial charge in [-0.3, -0.25) is 4.72 Å². The van der Waals surface area contributed by atoms with Crippen molar-refractivity contribution in [2.75, 3.05) is 18.8 Å². The molecule has 204 valence electrons. The number of hydrogen-bond acceptors (Lipinski definition) is 8. The first-order valence-electron chi connectivity index (χ1n) is 11.9. The van der Waals surface area contributed by atoms with E-state index < -0.39 is 16.4 Å². The van der Waals surface area contributed by atoms with Gasteiger partial charge >= 0.3 is 6.36 Å². The third-order valence-corrected chi connectivity index (χ3v) is 7.86. The molecule has 0 bridgehead atoms. The molecule has 3 unspecified atom stereocenters. The molecular weight excluding hydrogens is 523 g/mol. The minimum atomic E-state index is -4.75. The van der Waals surface area contributed by atoms with Crippen molar-refractivity contribution in [3.8, 4) is 11.6 Å². The molecule has 3 aromatic rings. The number of aryl methyl sites for hydroxylation is 1. The molecule has 3 atom stereocenters. The van der Waals surface area contributed by atoms with Crippen molar-refractivity contribution in [3.63, 3.8) is 0 Å². The van der Waals surface area contributed by atoms with E-state index in [-0.39, 0.29) is 40.2 Å². The molecular formula is C25H28F3N5O4S. The lowest BCUT2D eigenvalue weighted by Gasteiger charge is -2.39. The zero-order valence-corrected chi connectivity index (χ0v) is 21.8. The Kier molecular flexibility index (Phi) is 8.07. The molecule has 13 heteroatoms. The smallest absolute Gasteiger partial charge is 0.473 e. The van der Waals surface area contributed by atoms with Crippen LogP contribution in [0, 0.1) is 6.92 Å². The van der Waals surface area contributed by atoms with Crippen molar-refractivity contribution in [1.29, 1.82) is 0 Å². The van der Waals surface area contributed by atoms with Crippen LogP contribution >= 0.6 is 0 Å². The molecule has 1 saturated carbocycles. The Bertz CT molecular complexity index is 1360. The Hall–Kier alpha value is -3.45. The number of anilines is 1. The Morgan fingerprint density at radius 2 is 1.89 bits per heavy atom. The normalized spacial score (nSPS) is 20.2. The minimum Gasteiger partial charge on any atom is -0.473 e. The number of rotatable bonds is 8. The molecule has 2 heterocycles. The number of sulfonamides is 1. The number of likely N-dealkylation sites (N-methyl/N-ethyl adjacent to an activating group) is 1. The van der Waals surface area contributed by atoms with Crippen LogP contribution in [-0.4, -0.2) is 60.9 Å². The molecule has 1 aliphatic rings. The quantitative estimate of drug-likeness (QED) is 0.436. The fourth-order valence-corrected chi connectivity index (χ4v) is 5.83. The maximum Gasteiger partial charge on any atom is 0.573 e. The van der Waals surface area contributed by atoms with Crippen molar-refractivity contribution < 1.29 is 31.1 Å². The van der Waals surface area contributed by atoms with E-state index in [2.05, 4.69) is 24.4 Å². The van der Waals surface area contributed by atoms with E-state index in [1.54, 1.807) is 19.1 Å². The van der Waals surface area contributed by atoms with Gasteiger partial charge in [0.2, 0.25) is 5.88 Å². The van der Waals surface area contributed by atoms with Crippen LogP contribution < -0.4 is 14.2 Å². The number of nitrogens with one attached hydrogen (secondary N) is 1. The lowest BCUT2D eigenvalue weighted by Crippen LogP contribution is -2.46. The first-order chi connectivity index (χ1) is 17.9. The Labute approximate surface area is 219 Å². The molecule has 0 amide bonds. The van der Waals surface area contributed by atoms with E-state index in [1.807, 2.05) is 19.0 Å². The highest BCUT2D eigenvalue weighted by molar-refractivity contribution is 7.92. The van der Waals surface area contributed by atoms with E-state index in [4.69, 9.17) is 4.74 Å². The summed E-state index contributed by atoms with van der Waals surface area (Å²) in [5.74, 6) is 0.216. The summed E-state index contributed by atoms with van der Waals surface area (Å²) in [6, 6.07) is 10.4. The Morgan fingerprint density at radius 3 is 2.55 bits per heavy atom. The van der Waals surface area contributed by atoms with Crippen molar-refractivity contribution >= 4 is 15.8 Å². The number of aromatic nitrogens is 3. The number of nitrogens with zero attached hydrogens (tertiary/aromatic N) is 4. The molecule has 0 saturated heterocycles. The maximum absolute atomic E-state index is 12.8. The van der Waals surface area contributed by atoms with Gasteiger partial charge in [-0.15, -0.1) is 13.2 Å². The monoisotopic (exact) mass is 551 g/mol. The largest absolute Gasteiger partial charge is 0.573 e. The van der Waals surface area contributed by atoms with E-state index in [1.165, 1.54) is 42.9 Å². The lowest BCUT2D eigenvalue weighted by atomic mass is 9.79. The predicted octanol–water partition coefficient (Wildman–Crippen LogP) is 4.52. The number of hydrogen-bond donors (Lipinski definition) is 1. The van der Waals surface area contributed by atoms with Crippen molar-refractivity contribution in [2.45, 2.75) is 55.5 Å². The van der Waals surface area contributed by atoms with E-state index in [0.29, 0.717) is 25.1 Å². The van der Waals surface area contributed by atoms with Gasteiger partial charge in [-0.25, -0.2) is 23.4 Å². The van der Waals surface area contributed by atoms with Gasteiger partial charge in [0.25, 0.3) is 10.0 Å². The molecule has 2 aromatic heterocycles. The summed E-state index contributed by atoms with van der Waals surface area (Å²) in [6.45, 7) is 1.58. The lowest BCUT2D eigenvalue weighted by molar-refractivity contribution is -0.274. The van der Waals surface area contributed by atoms with Crippen LogP contribution in [0.5, 0.6) is 11.6 Å². The highest BCUT2D eigenvalue weighted by Gasteiger charge is 2.35. The molecule has 1 aliphatic carbocycles. The van der Waals surface area contributed by atoms with Crippen LogP contribution in [0.1, 0.15) is 36.4 Å². The molecule has 0 radical (unpaired) electrons. The molecule has 1 fully saturated rings. The second-order valence-corrected chi connectivity index (χ2v) is 10.9. The van der Waals surface area contributed by atoms with Crippen LogP contribution in [0.2, 0.25) is 0 Å². The van der Waals surface area contributed by atoms with E-state index >= 15 is 0 Å². The van der Waals surface area contributed by atoms with Gasteiger partial charge in [0.15, 0.2) is 0 Å². The maximum atomic E-state index is 12.8. The summed E-state index contributed by atoms with van der Waals surface area (Å²) < 4.78 is 76.3. The summed E-state index contributed by atoms with van der Waals surface area (Å²) in [5, 5.41) is 0. The first-order valence-corrected chi connectivity index (χ1v) is 13.3. The molecule has 0 aliphatic heterocycles. The van der Waals surface area contributed by atoms with Gasteiger partial charge in [0.1, 0.15) is 28.9 Å². The molecule has 1 N–H and O–H groups in total. The van der Waals surface area contributed by atoms with Gasteiger partial charge in [-0.1, -0.05) is 12.1 Å². The molecule has 38 heavy (non-hydrogen) atoms. The predicted molar refractivity (Wildman–Crippen MR) is 133 cm³/mol. The van der Waals surface area contributed by atoms with Gasteiger partial charge in [-0.2, -0.15) is 0 Å². The molecule has 1 aromatic carbocycles. The zero-order valence-electron chi connectivity index (χ0n) is 21.0. The van der Waals surface area contributed by atoms with Crippen LogP contribution in [0.15, 0.2) is 59.9 Å². The third kappa shape index (κ3) is 6.90.